The first-order valence-electron chi connectivity index (χ1n) is 6.99. The van der Waals surface area contributed by atoms with Crippen molar-refractivity contribution in [2.45, 2.75) is 6.54 Å². The summed E-state index contributed by atoms with van der Waals surface area (Å²) < 4.78 is 9.69. The smallest absolute Gasteiger partial charge is 0.412 e. The zero-order valence-electron chi connectivity index (χ0n) is 12.4. The molecule has 1 fully saturated rings. The van der Waals surface area contributed by atoms with E-state index in [0.717, 1.165) is 32.8 Å². The predicted octanol–water partition coefficient (Wildman–Crippen LogP) is -1.10. The van der Waals surface area contributed by atoms with Crippen molar-refractivity contribution in [2.75, 3.05) is 51.8 Å². The second kappa shape index (κ2) is 8.29. The summed E-state index contributed by atoms with van der Waals surface area (Å²) >= 11 is 0. The van der Waals surface area contributed by atoms with Crippen LogP contribution in [0, 0.1) is 0 Å². The van der Waals surface area contributed by atoms with Crippen LogP contribution in [0.1, 0.15) is 0 Å². The third kappa shape index (κ3) is 5.30. The largest absolute Gasteiger partial charge is 0.453 e. The van der Waals surface area contributed by atoms with Crippen LogP contribution < -0.4 is 10.6 Å². The van der Waals surface area contributed by atoms with Gasteiger partial charge in [-0.1, -0.05) is 0 Å². The molecule has 0 bridgehead atoms. The zero-order chi connectivity index (χ0) is 15.8. The average molecular weight is 312 g/mol. The van der Waals surface area contributed by atoms with Crippen LogP contribution in [0.2, 0.25) is 0 Å². The molecule has 1 saturated heterocycles. The van der Waals surface area contributed by atoms with Gasteiger partial charge in [-0.25, -0.2) is 4.79 Å². The Balaban J connectivity index is 1.67. The van der Waals surface area contributed by atoms with Crippen LogP contribution in [-0.4, -0.2) is 78.4 Å². The van der Waals surface area contributed by atoms with Gasteiger partial charge in [0.15, 0.2) is 5.82 Å². The molecule has 0 spiro atoms. The summed E-state index contributed by atoms with van der Waals surface area (Å²) in [5.74, 6) is 0.0430. The van der Waals surface area contributed by atoms with Crippen molar-refractivity contribution >= 4 is 17.8 Å². The molecule has 2 rings (SSSR count). The molecule has 10 heteroatoms. The number of ether oxygens (including phenoxy) is 2. The quantitative estimate of drug-likeness (QED) is 0.686. The summed E-state index contributed by atoms with van der Waals surface area (Å²) in [6.07, 6.45) is 0.708. The first-order chi connectivity index (χ1) is 10.7. The van der Waals surface area contributed by atoms with Crippen LogP contribution in [0.4, 0.5) is 10.6 Å². The van der Waals surface area contributed by atoms with Gasteiger partial charge in [0, 0.05) is 26.2 Å². The van der Waals surface area contributed by atoms with Crippen molar-refractivity contribution in [1.82, 2.24) is 25.2 Å². The molecule has 0 unspecified atom stereocenters. The summed E-state index contributed by atoms with van der Waals surface area (Å²) in [6.45, 7) is 4.59. The van der Waals surface area contributed by atoms with Gasteiger partial charge in [-0.05, 0) is 0 Å². The molecule has 22 heavy (non-hydrogen) atoms. The van der Waals surface area contributed by atoms with Crippen molar-refractivity contribution < 1.29 is 19.1 Å². The fraction of sp³-hybridized carbons (Fsp3) is 0.667. The van der Waals surface area contributed by atoms with Crippen LogP contribution >= 0.6 is 0 Å². The molecule has 0 saturated carbocycles. The van der Waals surface area contributed by atoms with Crippen molar-refractivity contribution in [3.05, 3.63) is 6.20 Å². The Hall–Kier alpha value is -2.20. The number of hydrogen-bond acceptors (Lipinski definition) is 7. The molecule has 0 radical (unpaired) electrons. The zero-order valence-corrected chi connectivity index (χ0v) is 12.4. The van der Waals surface area contributed by atoms with Crippen molar-refractivity contribution in [2.24, 2.45) is 0 Å². The number of carbonyl (C=O) groups is 2. The van der Waals surface area contributed by atoms with E-state index in [1.807, 2.05) is 0 Å². The van der Waals surface area contributed by atoms with Crippen LogP contribution in [0.25, 0.3) is 0 Å². The number of methoxy groups -OCH3 is 1. The lowest BCUT2D eigenvalue weighted by Gasteiger charge is -2.26. The first-order valence-corrected chi connectivity index (χ1v) is 6.99. The molecule has 10 nitrogen and oxygen atoms in total. The molecule has 1 aliphatic heterocycles. The van der Waals surface area contributed by atoms with Gasteiger partial charge >= 0.3 is 6.09 Å². The average Bonchev–Trinajstić information content (AvgIpc) is 2.95. The van der Waals surface area contributed by atoms with E-state index in [0.29, 0.717) is 6.54 Å². The highest BCUT2D eigenvalue weighted by Crippen LogP contribution is 1.99. The van der Waals surface area contributed by atoms with Gasteiger partial charge in [0.1, 0.15) is 6.54 Å². The molecular weight excluding hydrogens is 292 g/mol. The topological polar surface area (TPSA) is 111 Å². The van der Waals surface area contributed by atoms with E-state index >= 15 is 0 Å². The maximum absolute atomic E-state index is 11.8. The first kappa shape index (κ1) is 16.2. The van der Waals surface area contributed by atoms with Crippen molar-refractivity contribution in [3.8, 4) is 0 Å². The minimum absolute atomic E-state index is 0.00797. The molecule has 1 aromatic heterocycles. The summed E-state index contributed by atoms with van der Waals surface area (Å²) in [4.78, 5) is 26.2. The Morgan fingerprint density at radius 3 is 2.91 bits per heavy atom. The lowest BCUT2D eigenvalue weighted by atomic mass is 10.4. The van der Waals surface area contributed by atoms with Crippen LogP contribution in [-0.2, 0) is 20.8 Å². The Labute approximate surface area is 127 Å². The summed E-state index contributed by atoms with van der Waals surface area (Å²) in [5.41, 5.74) is 0. The second-order valence-corrected chi connectivity index (χ2v) is 4.68. The second-order valence-electron chi connectivity index (χ2n) is 4.68. The number of nitrogens with zero attached hydrogens (tertiary/aromatic N) is 4. The number of anilines is 1. The number of amides is 2. The molecule has 0 aromatic carbocycles. The highest BCUT2D eigenvalue weighted by Gasteiger charge is 2.11. The van der Waals surface area contributed by atoms with Gasteiger partial charge in [-0.2, -0.15) is 9.90 Å². The van der Waals surface area contributed by atoms with Gasteiger partial charge in [0.2, 0.25) is 5.91 Å². The van der Waals surface area contributed by atoms with E-state index < -0.39 is 6.09 Å². The molecular formula is C12H20N6O4. The van der Waals surface area contributed by atoms with Crippen LogP contribution in [0.15, 0.2) is 6.20 Å². The third-order valence-electron chi connectivity index (χ3n) is 3.09. The van der Waals surface area contributed by atoms with E-state index in [1.165, 1.54) is 18.1 Å². The van der Waals surface area contributed by atoms with E-state index in [9.17, 15) is 9.59 Å². The lowest BCUT2D eigenvalue weighted by molar-refractivity contribution is -0.122. The van der Waals surface area contributed by atoms with Crippen molar-refractivity contribution in [3.63, 3.8) is 0 Å². The van der Waals surface area contributed by atoms with Gasteiger partial charge < -0.3 is 14.8 Å². The molecule has 2 N–H and O–H groups in total. The summed E-state index contributed by atoms with van der Waals surface area (Å²) in [6, 6.07) is 0. The fourth-order valence-corrected chi connectivity index (χ4v) is 1.95. The van der Waals surface area contributed by atoms with E-state index in [4.69, 9.17) is 4.74 Å². The number of rotatable bonds is 6. The highest BCUT2D eigenvalue weighted by molar-refractivity contribution is 5.82. The molecule has 0 atom stereocenters. The molecule has 0 aliphatic carbocycles. The summed E-state index contributed by atoms with van der Waals surface area (Å²) in [7, 11) is 1.25. The maximum Gasteiger partial charge on any atom is 0.412 e. The predicted molar refractivity (Wildman–Crippen MR) is 76.3 cm³/mol. The Kier molecular flexibility index (Phi) is 6.10. The number of nitrogens with one attached hydrogen (secondary N) is 2. The van der Waals surface area contributed by atoms with Gasteiger partial charge in [0.05, 0.1) is 26.5 Å². The number of aromatic nitrogens is 3. The minimum Gasteiger partial charge on any atom is -0.453 e. The fourth-order valence-electron chi connectivity index (χ4n) is 1.95. The number of morpholine rings is 1. The van der Waals surface area contributed by atoms with Crippen LogP contribution in [0.5, 0.6) is 0 Å². The van der Waals surface area contributed by atoms with Gasteiger partial charge in [0.25, 0.3) is 0 Å². The molecule has 1 aromatic rings. The maximum atomic E-state index is 11.8. The lowest BCUT2D eigenvalue weighted by Crippen LogP contribution is -2.41. The number of hydrogen-bond donors (Lipinski definition) is 2. The molecule has 2 amide bonds. The summed E-state index contributed by atoms with van der Waals surface area (Å²) in [5, 5.41) is 13.0. The minimum atomic E-state index is -0.637. The molecule has 1 aliphatic rings. The highest BCUT2D eigenvalue weighted by atomic mass is 16.5. The monoisotopic (exact) mass is 312 g/mol. The van der Waals surface area contributed by atoms with E-state index in [-0.39, 0.29) is 18.3 Å². The Bertz CT molecular complexity index is 500. The van der Waals surface area contributed by atoms with Gasteiger partial charge in [-0.3, -0.25) is 15.0 Å². The standard InChI is InChI=1S/C12H20N6O4/c1-21-12(20)15-10-8-14-18(16-10)9-11(19)13-2-3-17-4-6-22-7-5-17/h8H,2-7,9H2,1H3,(H,13,19)(H,15,16,20). The normalized spacial score (nSPS) is 15.3. The molecule has 122 valence electrons. The Morgan fingerprint density at radius 2 is 2.18 bits per heavy atom. The van der Waals surface area contributed by atoms with Crippen molar-refractivity contribution in [1.29, 1.82) is 0 Å². The molecule has 2 heterocycles. The van der Waals surface area contributed by atoms with Crippen LogP contribution in [0.3, 0.4) is 0 Å². The van der Waals surface area contributed by atoms with E-state index in [1.54, 1.807) is 0 Å². The van der Waals surface area contributed by atoms with E-state index in [2.05, 4.69) is 30.5 Å². The van der Waals surface area contributed by atoms with Gasteiger partial charge in [-0.15, -0.1) is 5.10 Å². The number of carbonyl (C=O) groups excluding carboxylic acids is 2. The SMILES string of the molecule is COC(=O)Nc1cnn(CC(=O)NCCN2CCOCC2)n1. The Morgan fingerprint density at radius 1 is 1.41 bits per heavy atom. The third-order valence-corrected chi connectivity index (χ3v) is 3.09.